The quantitative estimate of drug-likeness (QED) is 0.113. The molecular weight excluding hydrogens is 617 g/mol. The number of sulfone groups is 2. The summed E-state index contributed by atoms with van der Waals surface area (Å²) in [6, 6.07) is 27.1. The van der Waals surface area contributed by atoms with Gasteiger partial charge in [0, 0.05) is 10.6 Å². The lowest BCUT2D eigenvalue weighted by Crippen LogP contribution is -2.23. The Bertz CT molecular complexity index is 1700. The Balaban J connectivity index is 1.95. The molecule has 240 valence electrons. The van der Waals surface area contributed by atoms with Gasteiger partial charge in [-0.2, -0.15) is 0 Å². The highest BCUT2D eigenvalue weighted by molar-refractivity contribution is 7.99. The van der Waals surface area contributed by atoms with Gasteiger partial charge in [0.05, 0.1) is 20.3 Å². The molecular formula is C38H46O4S3. The summed E-state index contributed by atoms with van der Waals surface area (Å²) < 4.78 is 55.7. The Labute approximate surface area is 275 Å². The summed E-state index contributed by atoms with van der Waals surface area (Å²) in [7, 11) is -7.44. The summed E-state index contributed by atoms with van der Waals surface area (Å²) in [6.45, 7) is 9.88. The minimum absolute atomic E-state index is 0.199. The minimum atomic E-state index is -3.73. The molecule has 3 rings (SSSR count). The third-order valence-corrected chi connectivity index (χ3v) is 12.4. The van der Waals surface area contributed by atoms with E-state index >= 15 is 0 Å². The predicted octanol–water partition coefficient (Wildman–Crippen LogP) is 9.83. The predicted molar refractivity (Wildman–Crippen MR) is 191 cm³/mol. The Morgan fingerprint density at radius 3 is 1.53 bits per heavy atom. The average Bonchev–Trinajstić information content (AvgIpc) is 3.01. The highest BCUT2D eigenvalue weighted by Gasteiger charge is 2.29. The van der Waals surface area contributed by atoms with Crippen molar-refractivity contribution < 1.29 is 16.8 Å². The number of hydrogen-bond acceptors (Lipinski definition) is 5. The molecule has 4 nitrogen and oxygen atoms in total. The van der Waals surface area contributed by atoms with Crippen LogP contribution in [0.4, 0.5) is 0 Å². The van der Waals surface area contributed by atoms with Crippen molar-refractivity contribution in [1.29, 1.82) is 0 Å². The van der Waals surface area contributed by atoms with Crippen LogP contribution < -0.4 is 0 Å². The molecule has 0 aromatic heterocycles. The van der Waals surface area contributed by atoms with E-state index in [9.17, 15) is 16.8 Å². The van der Waals surface area contributed by atoms with Gasteiger partial charge in [-0.3, -0.25) is 0 Å². The second-order valence-electron chi connectivity index (χ2n) is 11.7. The van der Waals surface area contributed by atoms with Crippen LogP contribution in [0.25, 0.3) is 0 Å². The van der Waals surface area contributed by atoms with Crippen molar-refractivity contribution in [3.8, 4) is 0 Å². The van der Waals surface area contributed by atoms with Crippen LogP contribution in [0.5, 0.6) is 0 Å². The number of thioether (sulfide) groups is 1. The second kappa shape index (κ2) is 17.5. The second-order valence-corrected chi connectivity index (χ2v) is 17.1. The molecule has 2 unspecified atom stereocenters. The molecule has 0 spiro atoms. The topological polar surface area (TPSA) is 68.3 Å². The molecule has 45 heavy (non-hydrogen) atoms. The first-order valence-corrected chi connectivity index (χ1v) is 19.4. The van der Waals surface area contributed by atoms with Crippen LogP contribution in [0.15, 0.2) is 152 Å². The van der Waals surface area contributed by atoms with Crippen molar-refractivity contribution in [2.75, 3.05) is 5.75 Å². The summed E-state index contributed by atoms with van der Waals surface area (Å²) in [4.78, 5) is 1.67. The highest BCUT2D eigenvalue weighted by Crippen LogP contribution is 2.28. The highest BCUT2D eigenvalue weighted by atomic mass is 32.2. The summed E-state index contributed by atoms with van der Waals surface area (Å²) in [5, 5.41) is -1.65. The van der Waals surface area contributed by atoms with Gasteiger partial charge in [-0.1, -0.05) is 101 Å². The third-order valence-electron chi connectivity index (χ3n) is 7.44. The fourth-order valence-corrected chi connectivity index (χ4v) is 9.45. The van der Waals surface area contributed by atoms with Crippen LogP contribution in [0.3, 0.4) is 0 Å². The first-order valence-electron chi connectivity index (χ1n) is 15.3. The summed E-state index contributed by atoms with van der Waals surface area (Å²) in [6.07, 6.45) is 9.96. The van der Waals surface area contributed by atoms with E-state index in [0.717, 1.165) is 40.2 Å². The number of hydrogen-bond donors (Lipinski definition) is 0. The number of allylic oxidation sites excluding steroid dienone is 5. The van der Waals surface area contributed by atoms with Crippen molar-refractivity contribution in [3.05, 3.63) is 138 Å². The lowest BCUT2D eigenvalue weighted by Gasteiger charge is -2.19. The zero-order valence-electron chi connectivity index (χ0n) is 27.0. The molecule has 3 aromatic rings. The van der Waals surface area contributed by atoms with Crippen molar-refractivity contribution in [1.82, 2.24) is 0 Å². The van der Waals surface area contributed by atoms with E-state index in [2.05, 4.69) is 38.1 Å². The van der Waals surface area contributed by atoms with Gasteiger partial charge in [-0.25, -0.2) is 16.8 Å². The maximum Gasteiger partial charge on any atom is 0.185 e. The van der Waals surface area contributed by atoms with Gasteiger partial charge in [0.25, 0.3) is 0 Å². The lowest BCUT2D eigenvalue weighted by atomic mass is 10.0. The van der Waals surface area contributed by atoms with Gasteiger partial charge in [-0.15, -0.1) is 11.8 Å². The van der Waals surface area contributed by atoms with Gasteiger partial charge in [-0.05, 0) is 96.7 Å². The van der Waals surface area contributed by atoms with E-state index in [-0.39, 0.29) is 16.2 Å². The maximum absolute atomic E-state index is 13.9. The fraction of sp³-hybridized carbons (Fsp3) is 0.316. The SMILES string of the molecule is CC(C)=CCC/C(C)=C/C(C/C(C)=C/C(C/C(C)=C/CSc1ccccc1)S(=O)(=O)c1ccccc1)S(=O)(=O)c1ccccc1. The first kappa shape index (κ1) is 36.3. The van der Waals surface area contributed by atoms with Gasteiger partial charge in [0.15, 0.2) is 19.7 Å². The molecule has 0 saturated heterocycles. The maximum atomic E-state index is 13.9. The molecule has 2 atom stereocenters. The molecule has 0 heterocycles. The van der Waals surface area contributed by atoms with Gasteiger partial charge in [0.1, 0.15) is 0 Å². The number of benzene rings is 3. The van der Waals surface area contributed by atoms with Gasteiger partial charge in [0.2, 0.25) is 0 Å². The number of rotatable bonds is 16. The van der Waals surface area contributed by atoms with E-state index in [1.807, 2.05) is 45.0 Å². The molecule has 0 radical (unpaired) electrons. The standard InChI is InChI=1S/C38H46O4S3/c1-30(2)16-15-17-31(3)26-37(44(39,40)35-20-11-7-12-21-35)28-33(5)29-38(45(41,42)36-22-13-8-14-23-36)27-32(4)24-25-43-34-18-9-6-10-19-34/h6-14,16,18-24,26,29,37-38H,15,17,25,27-28H2,1-5H3/b31-26+,32-24+,33-29+. The van der Waals surface area contributed by atoms with E-state index in [1.54, 1.807) is 78.5 Å². The molecule has 0 N–H and O–H groups in total. The van der Waals surface area contributed by atoms with Crippen molar-refractivity contribution in [3.63, 3.8) is 0 Å². The normalized spacial score (nSPS) is 14.6. The van der Waals surface area contributed by atoms with Crippen LogP contribution >= 0.6 is 11.8 Å². The largest absolute Gasteiger partial charge is 0.223 e. The Kier molecular flexibility index (Phi) is 14.2. The van der Waals surface area contributed by atoms with Crippen LogP contribution in [-0.2, 0) is 19.7 Å². The average molecular weight is 663 g/mol. The van der Waals surface area contributed by atoms with Crippen molar-refractivity contribution >= 4 is 31.4 Å². The molecule has 0 bridgehead atoms. The van der Waals surface area contributed by atoms with E-state index in [4.69, 9.17) is 0 Å². The summed E-state index contributed by atoms with van der Waals surface area (Å²) in [5.74, 6) is 0.727. The summed E-state index contributed by atoms with van der Waals surface area (Å²) >= 11 is 1.70. The Hall–Kier alpha value is -3.13. The molecule has 0 aliphatic carbocycles. The van der Waals surface area contributed by atoms with E-state index in [0.29, 0.717) is 6.42 Å². The smallest absolute Gasteiger partial charge is 0.185 e. The Morgan fingerprint density at radius 2 is 1.04 bits per heavy atom. The van der Waals surface area contributed by atoms with Crippen LogP contribution in [0, 0.1) is 0 Å². The van der Waals surface area contributed by atoms with Crippen molar-refractivity contribution in [2.45, 2.75) is 85.5 Å². The summed E-state index contributed by atoms with van der Waals surface area (Å²) in [5.41, 5.74) is 3.91. The van der Waals surface area contributed by atoms with Crippen LogP contribution in [0.1, 0.15) is 60.3 Å². The molecule has 7 heteroatoms. The van der Waals surface area contributed by atoms with Crippen LogP contribution in [0.2, 0.25) is 0 Å². The Morgan fingerprint density at radius 1 is 0.600 bits per heavy atom. The fourth-order valence-electron chi connectivity index (χ4n) is 4.98. The molecule has 3 aromatic carbocycles. The zero-order chi connectivity index (χ0) is 32.9. The van der Waals surface area contributed by atoms with Crippen LogP contribution in [-0.4, -0.2) is 33.1 Å². The first-order chi connectivity index (χ1) is 21.4. The monoisotopic (exact) mass is 662 g/mol. The lowest BCUT2D eigenvalue weighted by molar-refractivity contribution is 0.586. The van der Waals surface area contributed by atoms with Gasteiger partial charge >= 0.3 is 0 Å². The zero-order valence-corrected chi connectivity index (χ0v) is 29.5. The van der Waals surface area contributed by atoms with Crippen molar-refractivity contribution in [2.24, 2.45) is 0 Å². The molecule has 0 amide bonds. The molecule has 0 saturated carbocycles. The minimum Gasteiger partial charge on any atom is -0.223 e. The molecule has 0 fully saturated rings. The third kappa shape index (κ3) is 11.6. The van der Waals surface area contributed by atoms with E-state index < -0.39 is 30.2 Å². The molecule has 0 aliphatic heterocycles. The molecule has 0 aliphatic rings. The van der Waals surface area contributed by atoms with E-state index in [1.165, 1.54) is 5.57 Å². The van der Waals surface area contributed by atoms with Gasteiger partial charge < -0.3 is 0 Å².